The van der Waals surface area contributed by atoms with E-state index in [1.165, 1.54) is 12.1 Å². The number of aliphatic hydroxyl groups excluding tert-OH is 1. The quantitative estimate of drug-likeness (QED) is 0.852. The number of halogens is 3. The molecule has 0 heterocycles. The molecule has 1 aromatic rings. The Bertz CT molecular complexity index is 459. The average Bonchev–Trinajstić information content (AvgIpc) is 2.89. The molecule has 0 saturated heterocycles. The van der Waals surface area contributed by atoms with Crippen molar-refractivity contribution in [2.24, 2.45) is 0 Å². The van der Waals surface area contributed by atoms with Gasteiger partial charge in [-0.2, -0.15) is 0 Å². The summed E-state index contributed by atoms with van der Waals surface area (Å²) in [5.74, 6) is -1.28. The fourth-order valence-electron chi connectivity index (χ4n) is 2.78. The largest absolute Gasteiger partial charge is 0.390 e. The van der Waals surface area contributed by atoms with Gasteiger partial charge in [-0.05, 0) is 40.9 Å². The molecule has 1 aliphatic carbocycles. The summed E-state index contributed by atoms with van der Waals surface area (Å²) in [5, 5.41) is 10.3. The smallest absolute Gasteiger partial charge is 0.143 e. The van der Waals surface area contributed by atoms with Crippen molar-refractivity contribution in [3.05, 3.63) is 33.8 Å². The molecular weight excluding hydrogens is 318 g/mol. The summed E-state index contributed by atoms with van der Waals surface area (Å²) in [4.78, 5) is 0. The molecule has 0 amide bonds. The molecule has 1 N–H and O–H groups in total. The third-order valence-corrected chi connectivity index (χ3v) is 4.61. The van der Waals surface area contributed by atoms with Crippen LogP contribution in [-0.2, 0) is 11.2 Å². The molecule has 2 nitrogen and oxygen atoms in total. The van der Waals surface area contributed by atoms with Crippen molar-refractivity contribution in [3.8, 4) is 0 Å². The van der Waals surface area contributed by atoms with Crippen LogP contribution >= 0.6 is 15.9 Å². The third-order valence-electron chi connectivity index (χ3n) is 4.00. The van der Waals surface area contributed by atoms with Gasteiger partial charge >= 0.3 is 0 Å². The Balaban J connectivity index is 2.23. The third kappa shape index (κ3) is 2.83. The highest BCUT2D eigenvalue weighted by Gasteiger charge is 2.41. The van der Waals surface area contributed by atoms with Gasteiger partial charge in [0.1, 0.15) is 11.6 Å². The first-order valence-electron chi connectivity index (χ1n) is 6.36. The number of rotatable bonds is 4. The highest BCUT2D eigenvalue weighted by molar-refractivity contribution is 9.10. The van der Waals surface area contributed by atoms with Crippen LogP contribution in [0, 0.1) is 11.6 Å². The van der Waals surface area contributed by atoms with Gasteiger partial charge in [-0.1, -0.05) is 12.8 Å². The number of hydrogen-bond donors (Lipinski definition) is 1. The fraction of sp³-hybridized carbons (Fsp3) is 0.571. The minimum atomic E-state index is -0.904. The molecular formula is C14H17BrF2O2. The lowest BCUT2D eigenvalue weighted by molar-refractivity contribution is -0.0975. The molecule has 0 aromatic heterocycles. The van der Waals surface area contributed by atoms with Crippen molar-refractivity contribution in [2.45, 2.75) is 43.8 Å². The van der Waals surface area contributed by atoms with Crippen molar-refractivity contribution in [3.63, 3.8) is 0 Å². The Hall–Kier alpha value is -0.520. The number of ether oxygens (including phenoxy) is 1. The maximum Gasteiger partial charge on any atom is 0.143 e. The van der Waals surface area contributed by atoms with Crippen LogP contribution in [0.15, 0.2) is 16.6 Å². The van der Waals surface area contributed by atoms with E-state index < -0.39 is 23.3 Å². The summed E-state index contributed by atoms with van der Waals surface area (Å²) < 4.78 is 33.2. The monoisotopic (exact) mass is 334 g/mol. The highest BCUT2D eigenvalue weighted by Crippen LogP contribution is 2.37. The first kappa shape index (κ1) is 14.9. The minimum absolute atomic E-state index is 0.0784. The number of hydrogen-bond acceptors (Lipinski definition) is 2. The van der Waals surface area contributed by atoms with E-state index in [2.05, 4.69) is 15.9 Å². The molecule has 1 atom stereocenters. The van der Waals surface area contributed by atoms with E-state index in [9.17, 15) is 13.9 Å². The molecule has 0 bridgehead atoms. The molecule has 1 aromatic carbocycles. The summed E-state index contributed by atoms with van der Waals surface area (Å²) in [6.07, 6.45) is 2.40. The van der Waals surface area contributed by atoms with Crippen molar-refractivity contribution in [2.75, 3.05) is 7.11 Å². The molecule has 5 heteroatoms. The molecule has 0 spiro atoms. The summed E-state index contributed by atoms with van der Waals surface area (Å²) in [6.45, 7) is 0. The van der Waals surface area contributed by atoms with E-state index in [0.717, 1.165) is 25.7 Å². The van der Waals surface area contributed by atoms with E-state index in [-0.39, 0.29) is 16.5 Å². The lowest BCUT2D eigenvalue weighted by atomic mass is 9.89. The fourth-order valence-corrected chi connectivity index (χ4v) is 3.15. The lowest BCUT2D eigenvalue weighted by Gasteiger charge is -2.33. The average molecular weight is 335 g/mol. The van der Waals surface area contributed by atoms with Crippen molar-refractivity contribution in [1.29, 1.82) is 0 Å². The van der Waals surface area contributed by atoms with Gasteiger partial charge in [-0.15, -0.1) is 0 Å². The first-order valence-corrected chi connectivity index (χ1v) is 7.15. The highest BCUT2D eigenvalue weighted by atomic mass is 79.9. The van der Waals surface area contributed by atoms with Crippen LogP contribution in [0.25, 0.3) is 0 Å². The van der Waals surface area contributed by atoms with Crippen LogP contribution in [0.5, 0.6) is 0 Å². The lowest BCUT2D eigenvalue weighted by Crippen LogP contribution is -2.43. The zero-order chi connectivity index (χ0) is 14.0. The normalized spacial score (nSPS) is 19.6. The second-order valence-electron chi connectivity index (χ2n) is 5.02. The van der Waals surface area contributed by atoms with Gasteiger partial charge in [0, 0.05) is 19.1 Å². The van der Waals surface area contributed by atoms with Gasteiger partial charge in [0.15, 0.2) is 0 Å². The molecule has 0 radical (unpaired) electrons. The molecule has 2 rings (SSSR count). The van der Waals surface area contributed by atoms with E-state index in [1.807, 2.05) is 0 Å². The SMILES string of the molecule is COC1(C(O)Cc2c(F)ccc(Br)c2F)CCCC1. The Labute approximate surface area is 119 Å². The Morgan fingerprint density at radius 1 is 1.37 bits per heavy atom. The van der Waals surface area contributed by atoms with Crippen LogP contribution in [-0.4, -0.2) is 23.9 Å². The summed E-state index contributed by atoms with van der Waals surface area (Å²) >= 11 is 3.03. The number of methoxy groups -OCH3 is 1. The maximum atomic E-state index is 13.9. The van der Waals surface area contributed by atoms with Gasteiger partial charge in [-0.25, -0.2) is 8.78 Å². The second-order valence-corrected chi connectivity index (χ2v) is 5.87. The topological polar surface area (TPSA) is 29.5 Å². The molecule has 19 heavy (non-hydrogen) atoms. The zero-order valence-electron chi connectivity index (χ0n) is 10.8. The predicted octanol–water partition coefficient (Wildman–Crippen LogP) is 3.59. The van der Waals surface area contributed by atoms with Gasteiger partial charge in [0.05, 0.1) is 16.2 Å². The van der Waals surface area contributed by atoms with Crippen molar-refractivity contribution >= 4 is 15.9 Å². The summed E-state index contributed by atoms with van der Waals surface area (Å²) in [5.41, 5.74) is -0.758. The maximum absolute atomic E-state index is 13.9. The Morgan fingerprint density at radius 2 is 2.00 bits per heavy atom. The molecule has 1 aliphatic rings. The van der Waals surface area contributed by atoms with Crippen LogP contribution < -0.4 is 0 Å². The summed E-state index contributed by atoms with van der Waals surface area (Å²) in [6, 6.07) is 2.52. The van der Waals surface area contributed by atoms with Gasteiger partial charge in [-0.3, -0.25) is 0 Å². The van der Waals surface area contributed by atoms with Crippen LogP contribution in [0.4, 0.5) is 8.78 Å². The van der Waals surface area contributed by atoms with Gasteiger partial charge in [0.2, 0.25) is 0 Å². The molecule has 106 valence electrons. The molecule has 1 fully saturated rings. The van der Waals surface area contributed by atoms with Gasteiger partial charge in [0.25, 0.3) is 0 Å². The van der Waals surface area contributed by atoms with E-state index in [1.54, 1.807) is 7.11 Å². The van der Waals surface area contributed by atoms with Crippen LogP contribution in [0.2, 0.25) is 0 Å². The van der Waals surface area contributed by atoms with E-state index in [0.29, 0.717) is 0 Å². The van der Waals surface area contributed by atoms with E-state index >= 15 is 0 Å². The van der Waals surface area contributed by atoms with Crippen LogP contribution in [0.3, 0.4) is 0 Å². The first-order chi connectivity index (χ1) is 9.00. The van der Waals surface area contributed by atoms with Gasteiger partial charge < -0.3 is 9.84 Å². The van der Waals surface area contributed by atoms with Crippen molar-refractivity contribution < 1.29 is 18.6 Å². The summed E-state index contributed by atoms with van der Waals surface area (Å²) in [7, 11) is 1.54. The molecule has 1 saturated carbocycles. The van der Waals surface area contributed by atoms with Crippen LogP contribution in [0.1, 0.15) is 31.2 Å². The van der Waals surface area contributed by atoms with E-state index in [4.69, 9.17) is 4.74 Å². The second kappa shape index (κ2) is 5.85. The standard InChI is InChI=1S/C14H17BrF2O2/c1-19-14(6-2-3-7-14)12(18)8-9-11(16)5-4-10(15)13(9)17/h4-5,12,18H,2-3,6-8H2,1H3. The molecule has 0 aliphatic heterocycles. The predicted molar refractivity (Wildman–Crippen MR) is 72.0 cm³/mol. The number of aliphatic hydroxyl groups is 1. The number of benzene rings is 1. The van der Waals surface area contributed by atoms with Crippen molar-refractivity contribution in [1.82, 2.24) is 0 Å². The molecule has 1 unspecified atom stereocenters. The Kier molecular flexibility index (Phi) is 4.58. The zero-order valence-corrected chi connectivity index (χ0v) is 12.3. The Morgan fingerprint density at radius 3 is 2.58 bits per heavy atom. The minimum Gasteiger partial charge on any atom is -0.390 e.